The maximum absolute atomic E-state index is 9.21. The minimum atomic E-state index is 0.0398. The quantitative estimate of drug-likeness (QED) is 0.736. The van der Waals surface area contributed by atoms with Crippen LogP contribution in [0.5, 0.6) is 0 Å². The zero-order valence-corrected chi connectivity index (χ0v) is 11.4. The van der Waals surface area contributed by atoms with E-state index < -0.39 is 0 Å². The van der Waals surface area contributed by atoms with Crippen LogP contribution in [0.15, 0.2) is 24.4 Å². The fourth-order valence-electron chi connectivity index (χ4n) is 2.26. The van der Waals surface area contributed by atoms with Crippen molar-refractivity contribution in [3.05, 3.63) is 30.1 Å². The van der Waals surface area contributed by atoms with Crippen molar-refractivity contribution in [2.45, 2.75) is 38.8 Å². The molecule has 0 spiro atoms. The molecule has 0 aromatic carbocycles. The van der Waals surface area contributed by atoms with E-state index in [1.807, 2.05) is 18.2 Å². The summed E-state index contributed by atoms with van der Waals surface area (Å²) in [7, 11) is 0. The number of hydrogen-bond donors (Lipinski definition) is 2. The van der Waals surface area contributed by atoms with Crippen molar-refractivity contribution >= 4 is 0 Å². The van der Waals surface area contributed by atoms with E-state index in [-0.39, 0.29) is 18.7 Å². The summed E-state index contributed by atoms with van der Waals surface area (Å²) >= 11 is 0. The van der Waals surface area contributed by atoms with Gasteiger partial charge in [-0.25, -0.2) is 0 Å². The van der Waals surface area contributed by atoms with Crippen LogP contribution in [-0.2, 0) is 0 Å². The van der Waals surface area contributed by atoms with Crippen LogP contribution in [0.2, 0.25) is 0 Å². The van der Waals surface area contributed by atoms with Crippen LogP contribution >= 0.6 is 0 Å². The van der Waals surface area contributed by atoms with Gasteiger partial charge in [0, 0.05) is 18.8 Å². The van der Waals surface area contributed by atoms with Gasteiger partial charge in [-0.15, -0.1) is 0 Å². The van der Waals surface area contributed by atoms with E-state index >= 15 is 0 Å². The normalized spacial score (nSPS) is 14.7. The highest BCUT2D eigenvalue weighted by Gasteiger charge is 2.25. The summed E-state index contributed by atoms with van der Waals surface area (Å²) in [6.07, 6.45) is 3.74. The Labute approximate surface area is 110 Å². The molecule has 3 N–H and O–H groups in total. The maximum Gasteiger partial charge on any atom is 0.0674 e. The Balaban J connectivity index is 2.95. The monoisotopic (exact) mass is 251 g/mol. The standard InChI is InChI=1S/C14H25N3O/c1-3-9-17(10-11-18)14(12(15)4-2)13-7-5-6-8-16-13/h5-8,12,14,18H,3-4,9-11,15H2,1-2H3. The van der Waals surface area contributed by atoms with Gasteiger partial charge in [0.2, 0.25) is 0 Å². The molecule has 1 aromatic rings. The molecule has 4 nitrogen and oxygen atoms in total. The molecule has 0 amide bonds. The molecule has 0 aliphatic carbocycles. The second-order valence-corrected chi connectivity index (χ2v) is 4.53. The van der Waals surface area contributed by atoms with Gasteiger partial charge in [0.25, 0.3) is 0 Å². The lowest BCUT2D eigenvalue weighted by Crippen LogP contribution is -2.43. The van der Waals surface area contributed by atoms with Crippen LogP contribution in [0.25, 0.3) is 0 Å². The zero-order chi connectivity index (χ0) is 13.4. The smallest absolute Gasteiger partial charge is 0.0674 e. The van der Waals surface area contributed by atoms with Crippen LogP contribution in [0.1, 0.15) is 38.4 Å². The minimum absolute atomic E-state index is 0.0398. The molecular weight excluding hydrogens is 226 g/mol. The van der Waals surface area contributed by atoms with Gasteiger partial charge >= 0.3 is 0 Å². The van der Waals surface area contributed by atoms with Crippen LogP contribution in [0.3, 0.4) is 0 Å². The lowest BCUT2D eigenvalue weighted by Gasteiger charge is -2.34. The molecule has 1 rings (SSSR count). The number of aliphatic hydroxyl groups excluding tert-OH is 1. The van der Waals surface area contributed by atoms with Gasteiger partial charge in [-0.1, -0.05) is 19.9 Å². The number of pyridine rings is 1. The van der Waals surface area contributed by atoms with Gasteiger partial charge in [-0.2, -0.15) is 0 Å². The Bertz CT molecular complexity index is 312. The first kappa shape index (κ1) is 15.1. The Morgan fingerprint density at radius 3 is 2.61 bits per heavy atom. The van der Waals surface area contributed by atoms with E-state index in [4.69, 9.17) is 5.73 Å². The molecule has 0 radical (unpaired) electrons. The third-order valence-electron chi connectivity index (χ3n) is 3.16. The van der Waals surface area contributed by atoms with Gasteiger partial charge in [0.05, 0.1) is 18.3 Å². The molecule has 0 aliphatic heterocycles. The summed E-state index contributed by atoms with van der Waals surface area (Å²) in [5.74, 6) is 0. The number of rotatable bonds is 8. The zero-order valence-electron chi connectivity index (χ0n) is 11.4. The Kier molecular flexibility index (Phi) is 6.86. The van der Waals surface area contributed by atoms with Crippen molar-refractivity contribution in [3.63, 3.8) is 0 Å². The molecular formula is C14H25N3O. The predicted molar refractivity (Wildman–Crippen MR) is 74.2 cm³/mol. The summed E-state index contributed by atoms with van der Waals surface area (Å²) in [5, 5.41) is 9.21. The number of nitrogens with zero attached hydrogens (tertiary/aromatic N) is 2. The first-order chi connectivity index (χ1) is 8.74. The van der Waals surface area contributed by atoms with Gasteiger partial charge in [-0.3, -0.25) is 9.88 Å². The van der Waals surface area contributed by atoms with Crippen LogP contribution in [-0.4, -0.2) is 40.7 Å². The number of hydrogen-bond acceptors (Lipinski definition) is 4. The highest BCUT2D eigenvalue weighted by molar-refractivity contribution is 5.11. The van der Waals surface area contributed by atoms with E-state index in [0.717, 1.165) is 25.1 Å². The van der Waals surface area contributed by atoms with Crippen LogP contribution < -0.4 is 5.73 Å². The third kappa shape index (κ3) is 4.05. The molecule has 4 heteroatoms. The van der Waals surface area contributed by atoms with E-state index in [1.54, 1.807) is 6.20 Å². The first-order valence-electron chi connectivity index (χ1n) is 6.76. The van der Waals surface area contributed by atoms with Crippen molar-refractivity contribution in [3.8, 4) is 0 Å². The van der Waals surface area contributed by atoms with Crippen molar-refractivity contribution in [1.82, 2.24) is 9.88 Å². The average Bonchev–Trinajstić information content (AvgIpc) is 2.40. The van der Waals surface area contributed by atoms with E-state index in [9.17, 15) is 5.11 Å². The second-order valence-electron chi connectivity index (χ2n) is 4.53. The fourth-order valence-corrected chi connectivity index (χ4v) is 2.26. The molecule has 0 fully saturated rings. The fraction of sp³-hybridized carbons (Fsp3) is 0.643. The molecule has 2 unspecified atom stereocenters. The van der Waals surface area contributed by atoms with E-state index in [0.29, 0.717) is 6.54 Å². The highest BCUT2D eigenvalue weighted by atomic mass is 16.3. The summed E-state index contributed by atoms with van der Waals surface area (Å²) in [4.78, 5) is 6.66. The Hall–Kier alpha value is -0.970. The predicted octanol–water partition coefficient (Wildman–Crippen LogP) is 1.56. The van der Waals surface area contributed by atoms with Gasteiger partial charge in [-0.05, 0) is 31.5 Å². The Morgan fingerprint density at radius 1 is 1.33 bits per heavy atom. The Morgan fingerprint density at radius 2 is 2.11 bits per heavy atom. The maximum atomic E-state index is 9.21. The lowest BCUT2D eigenvalue weighted by molar-refractivity contribution is 0.130. The average molecular weight is 251 g/mol. The van der Waals surface area contributed by atoms with Crippen LogP contribution in [0.4, 0.5) is 0 Å². The molecule has 1 heterocycles. The van der Waals surface area contributed by atoms with Gasteiger partial charge in [0.15, 0.2) is 0 Å². The molecule has 0 saturated carbocycles. The topological polar surface area (TPSA) is 62.4 Å². The van der Waals surface area contributed by atoms with Crippen molar-refractivity contribution < 1.29 is 5.11 Å². The van der Waals surface area contributed by atoms with E-state index in [2.05, 4.69) is 23.7 Å². The molecule has 18 heavy (non-hydrogen) atoms. The highest BCUT2D eigenvalue weighted by Crippen LogP contribution is 2.23. The van der Waals surface area contributed by atoms with Crippen molar-refractivity contribution in [2.75, 3.05) is 19.7 Å². The van der Waals surface area contributed by atoms with Gasteiger partial charge < -0.3 is 10.8 Å². The number of nitrogens with two attached hydrogens (primary N) is 1. The third-order valence-corrected chi connectivity index (χ3v) is 3.16. The van der Waals surface area contributed by atoms with Crippen molar-refractivity contribution in [1.29, 1.82) is 0 Å². The molecule has 0 aliphatic rings. The summed E-state index contributed by atoms with van der Waals surface area (Å²) < 4.78 is 0. The largest absolute Gasteiger partial charge is 0.395 e. The molecule has 1 aromatic heterocycles. The number of aliphatic hydroxyl groups is 1. The summed E-state index contributed by atoms with van der Waals surface area (Å²) in [6, 6.07) is 6.04. The lowest BCUT2D eigenvalue weighted by atomic mass is 10.00. The second kappa shape index (κ2) is 8.19. The molecule has 0 saturated heterocycles. The van der Waals surface area contributed by atoms with Gasteiger partial charge in [0.1, 0.15) is 0 Å². The molecule has 102 valence electrons. The van der Waals surface area contributed by atoms with Crippen LogP contribution in [0, 0.1) is 0 Å². The SMILES string of the molecule is CCCN(CCO)C(c1ccccn1)C(N)CC. The van der Waals surface area contributed by atoms with Crippen molar-refractivity contribution in [2.24, 2.45) is 5.73 Å². The minimum Gasteiger partial charge on any atom is -0.395 e. The summed E-state index contributed by atoms with van der Waals surface area (Å²) in [6.45, 7) is 5.94. The number of aromatic nitrogens is 1. The molecule has 2 atom stereocenters. The van der Waals surface area contributed by atoms with E-state index in [1.165, 1.54) is 0 Å². The first-order valence-corrected chi connectivity index (χ1v) is 6.76. The molecule has 0 bridgehead atoms. The summed E-state index contributed by atoms with van der Waals surface area (Å²) in [5.41, 5.74) is 7.24.